The van der Waals surface area contributed by atoms with Gasteiger partial charge < -0.3 is 23.7 Å². The molecule has 3 aliphatic rings. The van der Waals surface area contributed by atoms with Crippen molar-refractivity contribution in [3.63, 3.8) is 0 Å². The Bertz CT molecular complexity index is 2150. The number of ether oxygens (including phenoxy) is 1. The van der Waals surface area contributed by atoms with E-state index in [0.717, 1.165) is 0 Å². The second-order valence-electron chi connectivity index (χ2n) is 17.0. The number of hydrogen-bond acceptors (Lipinski definition) is 7. The molecule has 0 saturated heterocycles. The summed E-state index contributed by atoms with van der Waals surface area (Å²) in [6, 6.07) is 9.75. The van der Waals surface area contributed by atoms with Crippen LogP contribution in [0.4, 0.5) is 26.3 Å². The zero-order chi connectivity index (χ0) is 40.0. The van der Waals surface area contributed by atoms with Crippen LogP contribution in [0, 0.1) is 11.7 Å². The predicted octanol–water partition coefficient (Wildman–Crippen LogP) is 9.19. The van der Waals surface area contributed by atoms with Gasteiger partial charge in [0, 0.05) is 34.7 Å². The predicted molar refractivity (Wildman–Crippen MR) is 198 cm³/mol. The molecule has 296 valence electrons. The van der Waals surface area contributed by atoms with Crippen molar-refractivity contribution in [3.05, 3.63) is 77.1 Å². The molecule has 7 rings (SSSR count). The smallest absolute Gasteiger partial charge is 0.391 e. The van der Waals surface area contributed by atoms with Crippen molar-refractivity contribution >= 4 is 36.6 Å². The molecule has 1 amide bonds. The fourth-order valence-corrected chi connectivity index (χ4v) is 10.1. The van der Waals surface area contributed by atoms with Gasteiger partial charge in [-0.3, -0.25) is 9.78 Å². The number of aromatic nitrogens is 3. The van der Waals surface area contributed by atoms with Crippen molar-refractivity contribution in [1.29, 1.82) is 0 Å². The van der Waals surface area contributed by atoms with E-state index in [9.17, 15) is 31.3 Å². The second kappa shape index (κ2) is 13.5. The zero-order valence-corrected chi connectivity index (χ0v) is 33.2. The fourth-order valence-electron chi connectivity index (χ4n) is 8.00. The number of carbonyl (C=O) groups excluding carboxylic acids is 1. The normalized spacial score (nSPS) is 23.3. The first kappa shape index (κ1) is 39.6. The molecule has 2 aromatic heterocycles. The number of hydrogen-bond donors (Lipinski definition) is 2. The summed E-state index contributed by atoms with van der Waals surface area (Å²) in [5.41, 5.74) is 1.07. The van der Waals surface area contributed by atoms with Gasteiger partial charge in [-0.1, -0.05) is 32.9 Å². The van der Waals surface area contributed by atoms with Crippen molar-refractivity contribution < 1.29 is 45.0 Å². The van der Waals surface area contributed by atoms with Crippen LogP contribution >= 0.6 is 0 Å². The average Bonchev–Trinajstić information content (AvgIpc) is 3.55. The van der Waals surface area contributed by atoms with Crippen LogP contribution in [-0.2, 0) is 21.3 Å². The molecule has 0 unspecified atom stereocenters. The number of alkyl halides is 5. The quantitative estimate of drug-likeness (QED) is 0.0712. The summed E-state index contributed by atoms with van der Waals surface area (Å²) in [6.07, 6.45) is -3.59. The third-order valence-corrected chi connectivity index (χ3v) is 17.6. The molecule has 9 nitrogen and oxygen atoms in total. The van der Waals surface area contributed by atoms with E-state index in [0.29, 0.717) is 40.0 Å². The fraction of sp³-hybridized carbons (Fsp3) is 0.500. The van der Waals surface area contributed by atoms with Gasteiger partial charge in [-0.05, 0) is 92.0 Å². The molecule has 0 spiro atoms. The number of amides is 1. The molecule has 55 heavy (non-hydrogen) atoms. The first-order valence-electron chi connectivity index (χ1n) is 18.0. The van der Waals surface area contributed by atoms with Crippen molar-refractivity contribution in [1.82, 2.24) is 24.7 Å². The maximum atomic E-state index is 16.3. The van der Waals surface area contributed by atoms with Gasteiger partial charge in [0.15, 0.2) is 0 Å². The molecule has 1 aliphatic carbocycles. The number of carbonyl (C=O) groups is 1. The van der Waals surface area contributed by atoms with E-state index in [4.69, 9.17) is 14.2 Å². The Morgan fingerprint density at radius 1 is 1.09 bits per heavy atom. The number of fused-ring (bicyclic) bond motifs is 9. The number of pyridine rings is 1. The largest absolute Gasteiger partial charge is 0.596 e. The molecule has 2 N–H and O–H groups in total. The minimum absolute atomic E-state index is 0.0535. The summed E-state index contributed by atoms with van der Waals surface area (Å²) in [6.45, 7) is 10.2. The molecule has 4 heterocycles. The number of benzene rings is 2. The van der Waals surface area contributed by atoms with Crippen LogP contribution in [0.3, 0.4) is 0 Å². The summed E-state index contributed by atoms with van der Waals surface area (Å²) in [4.78, 5) is 25.0. The highest BCUT2D eigenvalue weighted by atomic mass is 32.2. The van der Waals surface area contributed by atoms with Crippen LogP contribution in [0.5, 0.6) is 5.75 Å². The Morgan fingerprint density at radius 2 is 1.80 bits per heavy atom. The van der Waals surface area contributed by atoms with Crippen molar-refractivity contribution in [2.24, 2.45) is 5.92 Å². The lowest BCUT2D eigenvalue weighted by atomic mass is 9.56. The van der Waals surface area contributed by atoms with E-state index in [-0.39, 0.29) is 28.5 Å². The number of nitrogens with one attached hydrogen (secondary N) is 2. The van der Waals surface area contributed by atoms with Gasteiger partial charge in [0.05, 0.1) is 46.1 Å². The van der Waals surface area contributed by atoms with Crippen molar-refractivity contribution in [2.75, 3.05) is 0 Å². The van der Waals surface area contributed by atoms with Gasteiger partial charge in [0.1, 0.15) is 22.1 Å². The second-order valence-corrected chi connectivity index (χ2v) is 23.6. The lowest BCUT2D eigenvalue weighted by Crippen LogP contribution is -2.56. The molecule has 2 bridgehead atoms. The molecule has 0 radical (unpaired) electrons. The highest BCUT2D eigenvalue weighted by Gasteiger charge is 2.60. The van der Waals surface area contributed by atoms with Gasteiger partial charge in [-0.2, -0.15) is 22.0 Å². The maximum Gasteiger partial charge on any atom is 0.391 e. The van der Waals surface area contributed by atoms with Crippen molar-refractivity contribution in [3.8, 4) is 16.9 Å². The lowest BCUT2D eigenvalue weighted by Gasteiger charge is -2.50. The molecular weight excluding hydrogens is 765 g/mol. The zero-order valence-electron chi connectivity index (χ0n) is 31.4. The van der Waals surface area contributed by atoms with Crippen LogP contribution in [0.25, 0.3) is 22.2 Å². The van der Waals surface area contributed by atoms with Crippen LogP contribution < -0.4 is 14.9 Å². The minimum Gasteiger partial charge on any atom is -0.596 e. The summed E-state index contributed by atoms with van der Waals surface area (Å²) in [5.74, 6) is -2.48. The number of halogens is 6. The lowest BCUT2D eigenvalue weighted by molar-refractivity contribution is -0.211. The van der Waals surface area contributed by atoms with Gasteiger partial charge in [0.25, 0.3) is 5.91 Å². The van der Waals surface area contributed by atoms with E-state index in [1.807, 2.05) is 38.4 Å². The van der Waals surface area contributed by atoms with E-state index >= 15 is 4.39 Å². The minimum atomic E-state index is -4.49. The van der Waals surface area contributed by atoms with Crippen LogP contribution in [0.2, 0.25) is 18.1 Å². The van der Waals surface area contributed by atoms with Gasteiger partial charge in [0.2, 0.25) is 8.32 Å². The number of imidazole rings is 1. The Hall–Kier alpha value is -3.64. The Labute approximate surface area is 319 Å². The highest BCUT2D eigenvalue weighted by molar-refractivity contribution is 7.90. The van der Waals surface area contributed by atoms with E-state index in [1.54, 1.807) is 38.1 Å². The Morgan fingerprint density at radius 3 is 2.44 bits per heavy atom. The molecule has 1 saturated carbocycles. The SMILES string of the molecule is CC(C)(CC1(c2ncc(-c3ccc4nc5n(c4c3)[C@@H]3C[C@H]5NC(=O)c4cccc(OC(F)F)c43)cc2F)CC(C(F)(F)F)C1)[S@@+]([O-])NO[Si](C)(C)C(C)(C)C. The summed E-state index contributed by atoms with van der Waals surface area (Å²) in [7, 11) is -2.38. The third kappa shape index (κ3) is 7.04. The number of nitrogens with zero attached hydrogens (tertiary/aromatic N) is 3. The molecule has 4 aromatic rings. The maximum absolute atomic E-state index is 16.3. The van der Waals surface area contributed by atoms with E-state index in [2.05, 4.69) is 15.2 Å². The average molecular weight is 808 g/mol. The Balaban J connectivity index is 1.22. The highest BCUT2D eigenvalue weighted by Crippen LogP contribution is 2.58. The standard InChI is InChI=1S/C38H43F6N5O4SSi/c1-35(2,3)55(6,7)53-48-54(51)36(4,5)19-37(16-22(17-37)38(42,43)44)31-24(39)13-21(18-45-31)20-11-12-25-27(14-20)49-28-15-26(32(49)46-25)47-33(50)23-9-8-10-29(30(23)28)52-34(40)41/h8-14,18,22,26,28,34,48H,15-17,19H2,1-7H3,(H,47,50)/t22?,26-,28-,37?,54-/m1/s1. The molecule has 2 aliphatic heterocycles. The summed E-state index contributed by atoms with van der Waals surface area (Å²) < 4.78 is 110. The molecule has 1 fully saturated rings. The van der Waals surface area contributed by atoms with Gasteiger partial charge in [-0.15, -0.1) is 0 Å². The monoisotopic (exact) mass is 807 g/mol. The van der Waals surface area contributed by atoms with E-state index < -0.39 is 85.2 Å². The number of rotatable bonds is 10. The van der Waals surface area contributed by atoms with Crippen LogP contribution in [-0.4, -0.2) is 50.8 Å². The summed E-state index contributed by atoms with van der Waals surface area (Å²) >= 11 is -1.85. The molecule has 17 heteroatoms. The first-order valence-corrected chi connectivity index (χ1v) is 22.1. The molecule has 3 atom stereocenters. The topological polar surface area (TPSA) is 113 Å². The van der Waals surface area contributed by atoms with Gasteiger partial charge >= 0.3 is 12.8 Å². The van der Waals surface area contributed by atoms with Gasteiger partial charge in [-0.25, -0.2) is 9.37 Å². The van der Waals surface area contributed by atoms with E-state index in [1.165, 1.54) is 24.4 Å². The van der Waals surface area contributed by atoms with Crippen molar-refractivity contribution in [2.45, 2.75) is 113 Å². The van der Waals surface area contributed by atoms with Crippen LogP contribution in [0.15, 0.2) is 48.7 Å². The molecular formula is C38H43F6N5O4SSi. The molecule has 2 aromatic carbocycles. The summed E-state index contributed by atoms with van der Waals surface area (Å²) in [5, 5.41) is 2.74. The van der Waals surface area contributed by atoms with Crippen LogP contribution in [0.1, 0.15) is 99.8 Å². The third-order valence-electron chi connectivity index (χ3n) is 11.8. The Kier molecular flexibility index (Phi) is 9.71. The first-order chi connectivity index (χ1) is 25.5.